The molecule has 0 fully saturated rings. The summed E-state index contributed by atoms with van der Waals surface area (Å²) < 4.78 is 0. The van der Waals surface area contributed by atoms with Crippen LogP contribution in [0.3, 0.4) is 0 Å². The van der Waals surface area contributed by atoms with E-state index in [-0.39, 0.29) is 0 Å². The number of nitrogens with zero attached hydrogens (tertiary/aromatic N) is 2. The van der Waals surface area contributed by atoms with Gasteiger partial charge in [-0.25, -0.2) is 9.97 Å². The van der Waals surface area contributed by atoms with Gasteiger partial charge in [0.25, 0.3) is 0 Å². The van der Waals surface area contributed by atoms with Crippen molar-refractivity contribution in [2.45, 2.75) is 34.1 Å². The van der Waals surface area contributed by atoms with Crippen LogP contribution in [0.5, 0.6) is 0 Å². The lowest BCUT2D eigenvalue weighted by atomic mass is 10.4. The van der Waals surface area contributed by atoms with Gasteiger partial charge >= 0.3 is 0 Å². The zero-order chi connectivity index (χ0) is 10.1. The summed E-state index contributed by atoms with van der Waals surface area (Å²) in [5, 5.41) is 3.11. The number of rotatable bonds is 3. The number of hydrogen-bond acceptors (Lipinski definition) is 3. The van der Waals surface area contributed by atoms with Gasteiger partial charge in [-0.1, -0.05) is 20.8 Å². The Morgan fingerprint density at radius 3 is 2.62 bits per heavy atom. The van der Waals surface area contributed by atoms with Crippen molar-refractivity contribution < 1.29 is 0 Å². The Morgan fingerprint density at radius 2 is 2.08 bits per heavy atom. The third kappa shape index (κ3) is 5.17. The first-order valence-electron chi connectivity index (χ1n) is 4.86. The highest BCUT2D eigenvalue weighted by molar-refractivity contribution is 5.24. The number of hydrogen-bond donors (Lipinski definition) is 1. The van der Waals surface area contributed by atoms with Gasteiger partial charge in [0, 0.05) is 18.4 Å². The van der Waals surface area contributed by atoms with Crippen LogP contribution in [-0.2, 0) is 0 Å². The van der Waals surface area contributed by atoms with Gasteiger partial charge in [0.1, 0.15) is 0 Å². The fraction of sp³-hybridized carbons (Fsp3) is 0.600. The molecule has 0 spiro atoms. The van der Waals surface area contributed by atoms with Gasteiger partial charge in [0.05, 0.1) is 0 Å². The van der Waals surface area contributed by atoms with Crippen molar-refractivity contribution in [3.8, 4) is 0 Å². The molecule has 0 radical (unpaired) electrons. The fourth-order valence-electron chi connectivity index (χ4n) is 0.771. The van der Waals surface area contributed by atoms with E-state index >= 15 is 0 Å². The molecule has 3 heteroatoms. The quantitative estimate of drug-likeness (QED) is 0.779. The van der Waals surface area contributed by atoms with Crippen LogP contribution in [0, 0.1) is 6.92 Å². The smallest absolute Gasteiger partial charge is 0.222 e. The molecular weight excluding hydrogens is 162 g/mol. The molecule has 74 valence electrons. The van der Waals surface area contributed by atoms with Crippen molar-refractivity contribution in [2.24, 2.45) is 0 Å². The molecule has 0 saturated heterocycles. The number of aryl methyl sites for hydroxylation is 1. The maximum Gasteiger partial charge on any atom is 0.222 e. The second-order valence-electron chi connectivity index (χ2n) is 2.45. The van der Waals surface area contributed by atoms with E-state index in [1.165, 1.54) is 0 Å². The third-order valence-electron chi connectivity index (χ3n) is 1.33. The summed E-state index contributed by atoms with van der Waals surface area (Å²) in [7, 11) is 0. The van der Waals surface area contributed by atoms with E-state index in [1.54, 1.807) is 6.20 Å². The van der Waals surface area contributed by atoms with Crippen LogP contribution in [-0.4, -0.2) is 16.5 Å². The lowest BCUT2D eigenvalue weighted by molar-refractivity contribution is 0.946. The largest absolute Gasteiger partial charge is 0.354 e. The monoisotopic (exact) mass is 181 g/mol. The Kier molecular flexibility index (Phi) is 6.88. The average Bonchev–Trinajstić information content (AvgIpc) is 2.18. The highest BCUT2D eigenvalue weighted by Gasteiger charge is 1.91. The predicted octanol–water partition coefficient (Wildman–Crippen LogP) is 2.63. The van der Waals surface area contributed by atoms with Crippen LogP contribution in [0.2, 0.25) is 0 Å². The van der Waals surface area contributed by atoms with E-state index in [9.17, 15) is 0 Å². The third-order valence-corrected chi connectivity index (χ3v) is 1.33. The van der Waals surface area contributed by atoms with Crippen molar-refractivity contribution in [2.75, 3.05) is 11.9 Å². The van der Waals surface area contributed by atoms with E-state index in [1.807, 2.05) is 26.8 Å². The second kappa shape index (κ2) is 7.53. The van der Waals surface area contributed by atoms with Crippen molar-refractivity contribution in [3.05, 3.63) is 18.0 Å². The van der Waals surface area contributed by atoms with Gasteiger partial charge in [-0.15, -0.1) is 0 Å². The standard InChI is InChI=1S/C8H13N3.C2H6/c1-3-5-9-8-10-6-4-7(2)11-8;1-2/h4,6H,3,5H2,1-2H3,(H,9,10,11);1-2H3. The summed E-state index contributed by atoms with van der Waals surface area (Å²) in [6.45, 7) is 9.01. The molecule has 0 saturated carbocycles. The molecule has 1 rings (SSSR count). The summed E-state index contributed by atoms with van der Waals surface area (Å²) in [6, 6.07) is 1.89. The molecule has 0 aliphatic rings. The number of anilines is 1. The molecule has 0 atom stereocenters. The Hall–Kier alpha value is -1.12. The molecule has 1 aromatic rings. The summed E-state index contributed by atoms with van der Waals surface area (Å²) in [4.78, 5) is 8.24. The lowest BCUT2D eigenvalue weighted by Crippen LogP contribution is -2.04. The molecule has 13 heavy (non-hydrogen) atoms. The van der Waals surface area contributed by atoms with Gasteiger partial charge in [0.2, 0.25) is 5.95 Å². The Labute approximate surface area is 80.6 Å². The van der Waals surface area contributed by atoms with Crippen molar-refractivity contribution in [1.82, 2.24) is 9.97 Å². The minimum atomic E-state index is 0.729. The van der Waals surface area contributed by atoms with Gasteiger partial charge < -0.3 is 5.32 Å². The summed E-state index contributed by atoms with van der Waals surface area (Å²) >= 11 is 0. The zero-order valence-electron chi connectivity index (χ0n) is 8.96. The Morgan fingerprint density at radius 1 is 1.38 bits per heavy atom. The maximum absolute atomic E-state index is 4.19. The zero-order valence-corrected chi connectivity index (χ0v) is 8.96. The number of aromatic nitrogens is 2. The van der Waals surface area contributed by atoms with Crippen LogP contribution in [0.25, 0.3) is 0 Å². The topological polar surface area (TPSA) is 37.8 Å². The lowest BCUT2D eigenvalue weighted by Gasteiger charge is -2.01. The van der Waals surface area contributed by atoms with Gasteiger partial charge in [-0.2, -0.15) is 0 Å². The summed E-state index contributed by atoms with van der Waals surface area (Å²) in [6.07, 6.45) is 2.86. The van der Waals surface area contributed by atoms with Crippen molar-refractivity contribution in [1.29, 1.82) is 0 Å². The molecule has 0 bridgehead atoms. The summed E-state index contributed by atoms with van der Waals surface area (Å²) in [5.41, 5.74) is 0.999. The van der Waals surface area contributed by atoms with E-state index < -0.39 is 0 Å². The first-order valence-corrected chi connectivity index (χ1v) is 4.86. The van der Waals surface area contributed by atoms with E-state index in [2.05, 4.69) is 22.2 Å². The van der Waals surface area contributed by atoms with Gasteiger partial charge in [-0.05, 0) is 19.4 Å². The Bertz CT molecular complexity index is 223. The molecule has 0 amide bonds. The van der Waals surface area contributed by atoms with E-state index in [0.29, 0.717) is 0 Å². The first-order chi connectivity index (χ1) is 6.33. The van der Waals surface area contributed by atoms with Crippen LogP contribution >= 0.6 is 0 Å². The minimum Gasteiger partial charge on any atom is -0.354 e. The molecule has 1 heterocycles. The van der Waals surface area contributed by atoms with Crippen LogP contribution in [0.1, 0.15) is 32.9 Å². The van der Waals surface area contributed by atoms with E-state index in [0.717, 1.165) is 24.6 Å². The second-order valence-corrected chi connectivity index (χ2v) is 2.45. The molecule has 0 aromatic carbocycles. The fourth-order valence-corrected chi connectivity index (χ4v) is 0.771. The molecule has 0 aliphatic carbocycles. The van der Waals surface area contributed by atoms with Gasteiger partial charge in [-0.3, -0.25) is 0 Å². The minimum absolute atomic E-state index is 0.729. The molecule has 1 N–H and O–H groups in total. The van der Waals surface area contributed by atoms with Crippen molar-refractivity contribution >= 4 is 5.95 Å². The maximum atomic E-state index is 4.19. The van der Waals surface area contributed by atoms with Gasteiger partial charge in [0.15, 0.2) is 0 Å². The molecular formula is C10H19N3. The highest BCUT2D eigenvalue weighted by Crippen LogP contribution is 1.97. The number of nitrogens with one attached hydrogen (secondary N) is 1. The highest BCUT2D eigenvalue weighted by atomic mass is 15.1. The molecule has 0 aliphatic heterocycles. The summed E-state index contributed by atoms with van der Waals surface area (Å²) in [5.74, 6) is 0.729. The van der Waals surface area contributed by atoms with Crippen LogP contribution in [0.15, 0.2) is 12.3 Å². The normalized spacial score (nSPS) is 8.62. The molecule has 3 nitrogen and oxygen atoms in total. The van der Waals surface area contributed by atoms with Crippen LogP contribution in [0.4, 0.5) is 5.95 Å². The SMILES string of the molecule is CC.CCCNc1nccc(C)n1. The molecule has 1 aromatic heterocycles. The predicted molar refractivity (Wildman–Crippen MR) is 56.9 cm³/mol. The first kappa shape index (κ1) is 11.9. The van der Waals surface area contributed by atoms with E-state index in [4.69, 9.17) is 0 Å². The molecule has 0 unspecified atom stereocenters. The van der Waals surface area contributed by atoms with Crippen LogP contribution < -0.4 is 5.32 Å². The Balaban J connectivity index is 0.000000671. The van der Waals surface area contributed by atoms with Crippen molar-refractivity contribution in [3.63, 3.8) is 0 Å². The average molecular weight is 181 g/mol.